The molecular formula is C14H24O2. The van der Waals surface area contributed by atoms with Crippen LogP contribution in [0.4, 0.5) is 0 Å². The van der Waals surface area contributed by atoms with E-state index in [4.69, 9.17) is 15.9 Å². The van der Waals surface area contributed by atoms with E-state index in [2.05, 4.69) is 5.92 Å². The van der Waals surface area contributed by atoms with E-state index in [-0.39, 0.29) is 0 Å². The van der Waals surface area contributed by atoms with Gasteiger partial charge < -0.3 is 9.47 Å². The largest absolute Gasteiger partial charge is 0.352 e. The maximum atomic E-state index is 5.70. The summed E-state index contributed by atoms with van der Waals surface area (Å²) in [5, 5.41) is 0. The minimum atomic E-state index is 0.354. The van der Waals surface area contributed by atoms with Gasteiger partial charge in [-0.2, -0.15) is 0 Å². The van der Waals surface area contributed by atoms with Crippen molar-refractivity contribution in [3.05, 3.63) is 0 Å². The second-order valence-corrected chi connectivity index (χ2v) is 4.51. The topological polar surface area (TPSA) is 18.5 Å². The molecule has 92 valence electrons. The van der Waals surface area contributed by atoms with Crippen molar-refractivity contribution in [3.63, 3.8) is 0 Å². The van der Waals surface area contributed by atoms with Gasteiger partial charge in [0.2, 0.25) is 0 Å². The van der Waals surface area contributed by atoms with Gasteiger partial charge in [-0.25, -0.2) is 0 Å². The van der Waals surface area contributed by atoms with Crippen LogP contribution in [0.25, 0.3) is 0 Å². The SMILES string of the molecule is C#CCOCOC1CCCCCCCCC1. The van der Waals surface area contributed by atoms with Crippen molar-refractivity contribution in [3.8, 4) is 12.3 Å². The normalized spacial score (nSPS) is 20.2. The highest BCUT2D eigenvalue weighted by Gasteiger charge is 2.10. The fourth-order valence-corrected chi connectivity index (χ4v) is 2.18. The van der Waals surface area contributed by atoms with E-state index < -0.39 is 0 Å². The van der Waals surface area contributed by atoms with Gasteiger partial charge in [-0.3, -0.25) is 0 Å². The molecule has 0 bridgehead atoms. The van der Waals surface area contributed by atoms with Crippen molar-refractivity contribution in [2.24, 2.45) is 0 Å². The summed E-state index contributed by atoms with van der Waals surface area (Å²) in [7, 11) is 0. The molecule has 0 atom stereocenters. The fraction of sp³-hybridized carbons (Fsp3) is 0.857. The van der Waals surface area contributed by atoms with Crippen LogP contribution in [-0.2, 0) is 9.47 Å². The number of hydrogen-bond donors (Lipinski definition) is 0. The van der Waals surface area contributed by atoms with E-state index in [1.54, 1.807) is 0 Å². The molecule has 0 N–H and O–H groups in total. The number of terminal acetylenes is 1. The Morgan fingerprint density at radius 1 is 0.938 bits per heavy atom. The Morgan fingerprint density at radius 2 is 1.50 bits per heavy atom. The summed E-state index contributed by atoms with van der Waals surface area (Å²) in [6, 6.07) is 0. The van der Waals surface area contributed by atoms with Crippen molar-refractivity contribution < 1.29 is 9.47 Å². The second kappa shape index (κ2) is 9.69. The van der Waals surface area contributed by atoms with Crippen molar-refractivity contribution in [1.29, 1.82) is 0 Å². The first-order chi connectivity index (χ1) is 7.93. The molecule has 0 saturated heterocycles. The number of rotatable bonds is 4. The third-order valence-corrected chi connectivity index (χ3v) is 3.12. The molecule has 0 radical (unpaired) electrons. The van der Waals surface area contributed by atoms with Gasteiger partial charge in [-0.05, 0) is 12.8 Å². The van der Waals surface area contributed by atoms with Crippen molar-refractivity contribution >= 4 is 0 Å². The highest BCUT2D eigenvalue weighted by atomic mass is 16.7. The average Bonchev–Trinajstić information content (AvgIpc) is 2.32. The first-order valence-electron chi connectivity index (χ1n) is 6.56. The van der Waals surface area contributed by atoms with E-state index in [1.165, 1.54) is 57.8 Å². The zero-order valence-electron chi connectivity index (χ0n) is 10.2. The molecule has 1 rings (SSSR count). The molecule has 0 amide bonds. The molecular weight excluding hydrogens is 200 g/mol. The van der Waals surface area contributed by atoms with Gasteiger partial charge in [-0.15, -0.1) is 6.42 Å². The lowest BCUT2D eigenvalue weighted by Gasteiger charge is -2.18. The minimum absolute atomic E-state index is 0.354. The zero-order chi connectivity index (χ0) is 11.5. The maximum Gasteiger partial charge on any atom is 0.148 e. The zero-order valence-corrected chi connectivity index (χ0v) is 10.2. The molecule has 0 aromatic carbocycles. The molecule has 1 aliphatic carbocycles. The molecule has 0 heterocycles. The van der Waals surface area contributed by atoms with Gasteiger partial charge in [0.05, 0.1) is 6.10 Å². The number of ether oxygens (including phenoxy) is 2. The maximum absolute atomic E-state index is 5.70. The molecule has 2 heteroatoms. The van der Waals surface area contributed by atoms with Gasteiger partial charge in [-0.1, -0.05) is 50.9 Å². The third-order valence-electron chi connectivity index (χ3n) is 3.12. The van der Waals surface area contributed by atoms with Crippen LogP contribution in [-0.4, -0.2) is 19.5 Å². The summed E-state index contributed by atoms with van der Waals surface area (Å²) in [5.74, 6) is 2.44. The Morgan fingerprint density at radius 3 is 2.06 bits per heavy atom. The minimum Gasteiger partial charge on any atom is -0.352 e. The molecule has 2 nitrogen and oxygen atoms in total. The molecule has 1 aliphatic rings. The van der Waals surface area contributed by atoms with Gasteiger partial charge in [0.25, 0.3) is 0 Å². The Labute approximate surface area is 99.7 Å². The van der Waals surface area contributed by atoms with E-state index in [9.17, 15) is 0 Å². The van der Waals surface area contributed by atoms with Gasteiger partial charge >= 0.3 is 0 Å². The van der Waals surface area contributed by atoms with Crippen molar-refractivity contribution in [2.75, 3.05) is 13.4 Å². The Bertz CT molecular complexity index is 185. The quantitative estimate of drug-likeness (QED) is 0.413. The Balaban J connectivity index is 2.12. The van der Waals surface area contributed by atoms with Crippen molar-refractivity contribution in [1.82, 2.24) is 0 Å². The predicted molar refractivity (Wildman–Crippen MR) is 66.1 cm³/mol. The van der Waals surface area contributed by atoms with Gasteiger partial charge in [0.15, 0.2) is 0 Å². The summed E-state index contributed by atoms with van der Waals surface area (Å²) in [4.78, 5) is 0. The second-order valence-electron chi connectivity index (χ2n) is 4.51. The molecule has 0 aromatic rings. The summed E-state index contributed by atoms with van der Waals surface area (Å²) in [6.07, 6.45) is 17.3. The molecule has 0 aliphatic heterocycles. The average molecular weight is 224 g/mol. The van der Waals surface area contributed by atoms with Crippen LogP contribution < -0.4 is 0 Å². The predicted octanol–water partition coefficient (Wildman–Crippen LogP) is 3.50. The highest BCUT2D eigenvalue weighted by Crippen LogP contribution is 2.18. The lowest BCUT2D eigenvalue weighted by Crippen LogP contribution is -2.16. The monoisotopic (exact) mass is 224 g/mol. The molecule has 1 fully saturated rings. The number of hydrogen-bond acceptors (Lipinski definition) is 2. The first kappa shape index (κ1) is 13.5. The van der Waals surface area contributed by atoms with Crippen LogP contribution in [0, 0.1) is 12.3 Å². The van der Waals surface area contributed by atoms with Crippen LogP contribution >= 0.6 is 0 Å². The highest BCUT2D eigenvalue weighted by molar-refractivity contribution is 4.82. The summed E-state index contributed by atoms with van der Waals surface area (Å²) < 4.78 is 10.9. The standard InChI is InChI=1S/C14H24O2/c1-2-12-15-13-16-14-10-8-6-4-3-5-7-9-11-14/h1,14H,3-13H2. The van der Waals surface area contributed by atoms with Gasteiger partial charge in [0.1, 0.15) is 13.4 Å². The van der Waals surface area contributed by atoms with E-state index in [0.717, 1.165) is 0 Å². The van der Waals surface area contributed by atoms with Crippen LogP contribution in [0.15, 0.2) is 0 Å². The molecule has 0 spiro atoms. The summed E-state index contributed by atoms with van der Waals surface area (Å²) in [6.45, 7) is 0.710. The Hall–Kier alpha value is -0.520. The fourth-order valence-electron chi connectivity index (χ4n) is 2.18. The molecule has 1 saturated carbocycles. The molecule has 0 aromatic heterocycles. The molecule has 0 unspecified atom stereocenters. The van der Waals surface area contributed by atoms with E-state index >= 15 is 0 Å². The van der Waals surface area contributed by atoms with Crippen LogP contribution in [0.5, 0.6) is 0 Å². The Kier molecular flexibility index (Phi) is 8.20. The lowest BCUT2D eigenvalue weighted by molar-refractivity contribution is -0.0864. The summed E-state index contributed by atoms with van der Waals surface area (Å²) >= 11 is 0. The van der Waals surface area contributed by atoms with Crippen LogP contribution in [0.1, 0.15) is 57.8 Å². The smallest absolute Gasteiger partial charge is 0.148 e. The summed E-state index contributed by atoms with van der Waals surface area (Å²) in [5.41, 5.74) is 0. The van der Waals surface area contributed by atoms with E-state index in [0.29, 0.717) is 19.5 Å². The van der Waals surface area contributed by atoms with Crippen molar-refractivity contribution in [2.45, 2.75) is 63.9 Å². The first-order valence-corrected chi connectivity index (χ1v) is 6.56. The van der Waals surface area contributed by atoms with Crippen LogP contribution in [0.3, 0.4) is 0 Å². The van der Waals surface area contributed by atoms with E-state index in [1.807, 2.05) is 0 Å². The lowest BCUT2D eigenvalue weighted by atomic mass is 9.99. The third kappa shape index (κ3) is 6.87. The van der Waals surface area contributed by atoms with Crippen LogP contribution in [0.2, 0.25) is 0 Å². The van der Waals surface area contributed by atoms with Gasteiger partial charge in [0, 0.05) is 0 Å². The molecule has 16 heavy (non-hydrogen) atoms.